The van der Waals surface area contributed by atoms with E-state index in [1.807, 2.05) is 0 Å². The van der Waals surface area contributed by atoms with E-state index in [0.29, 0.717) is 0 Å². The monoisotopic (exact) mass is 197 g/mol. The topological polar surface area (TPSA) is 74.6 Å². The van der Waals surface area contributed by atoms with Crippen molar-refractivity contribution in [2.75, 3.05) is 12.4 Å². The molecule has 57 valence electrons. The van der Waals surface area contributed by atoms with Gasteiger partial charge in [-0.25, -0.2) is 0 Å². The van der Waals surface area contributed by atoms with Crippen LogP contribution in [0, 0.1) is 0 Å². The zero-order valence-corrected chi connectivity index (χ0v) is 9.06. The van der Waals surface area contributed by atoms with Gasteiger partial charge in [-0.15, -0.1) is 11.6 Å². The van der Waals surface area contributed by atoms with Crippen LogP contribution in [-0.4, -0.2) is 65.4 Å². The van der Waals surface area contributed by atoms with E-state index in [0.717, 1.165) is 0 Å². The Labute approximate surface area is 86.6 Å². The Morgan fingerprint density at radius 1 is 1.50 bits per heavy atom. The molecule has 0 fully saturated rings. The zero-order chi connectivity index (χ0) is 7.49. The van der Waals surface area contributed by atoms with Crippen LogP contribution in [0.2, 0.25) is 0 Å². The van der Waals surface area contributed by atoms with Gasteiger partial charge < -0.3 is 5.11 Å². The van der Waals surface area contributed by atoms with Gasteiger partial charge in [0.2, 0.25) is 0 Å². The summed E-state index contributed by atoms with van der Waals surface area (Å²) in [5, 5.41) is 7.27. The molecule has 1 atom stereocenters. The molecule has 0 saturated heterocycles. The van der Waals surface area contributed by atoms with Crippen LogP contribution in [0.4, 0.5) is 0 Å². The van der Waals surface area contributed by atoms with Gasteiger partial charge in [-0.2, -0.15) is 8.42 Å². The maximum absolute atomic E-state index is 9.96. The molecule has 0 saturated carbocycles. The molecule has 0 rings (SSSR count). The third-order valence-corrected chi connectivity index (χ3v) is 1.89. The van der Waals surface area contributed by atoms with Gasteiger partial charge in [0.05, 0.1) is 17.7 Å². The van der Waals surface area contributed by atoms with Crippen molar-refractivity contribution < 1.29 is 18.1 Å². The van der Waals surface area contributed by atoms with Crippen molar-refractivity contribution in [3.63, 3.8) is 0 Å². The van der Waals surface area contributed by atoms with Crippen LogP contribution < -0.4 is 0 Å². The summed E-state index contributed by atoms with van der Waals surface area (Å²) >= 11 is 5.16. The van der Waals surface area contributed by atoms with Gasteiger partial charge in [-0.1, -0.05) is 0 Å². The number of aliphatic hydroxyl groups excluding tert-OH is 1. The quantitative estimate of drug-likeness (QED) is 0.349. The molecular formula is C3H7ClNaO4S. The minimum atomic E-state index is -4.03. The Hall–Kier alpha value is 1.16. The molecule has 0 amide bonds. The third kappa shape index (κ3) is 9.16. The summed E-state index contributed by atoms with van der Waals surface area (Å²) in [6.07, 6.45) is 0. The number of hydrogen-bond acceptors (Lipinski definition) is 3. The first kappa shape index (κ1) is 13.7. The van der Waals surface area contributed by atoms with Crippen molar-refractivity contribution in [3.8, 4) is 0 Å². The van der Waals surface area contributed by atoms with Crippen molar-refractivity contribution in [1.82, 2.24) is 0 Å². The molecule has 0 bridgehead atoms. The zero-order valence-electron chi connectivity index (χ0n) is 5.49. The van der Waals surface area contributed by atoms with Crippen molar-refractivity contribution in [1.29, 1.82) is 0 Å². The van der Waals surface area contributed by atoms with Gasteiger partial charge in [0.15, 0.2) is 0 Å². The maximum Gasteiger partial charge on any atom is 0.266 e. The summed E-state index contributed by atoms with van der Waals surface area (Å²) < 4.78 is 28.0. The minimum absolute atomic E-state index is 0. The summed E-state index contributed by atoms with van der Waals surface area (Å²) in [7, 11) is -4.03. The fourth-order valence-corrected chi connectivity index (χ4v) is 1.32. The Morgan fingerprint density at radius 3 is 2.00 bits per heavy atom. The third-order valence-electron chi connectivity index (χ3n) is 0.590. The SMILES string of the molecule is O=S(=O)(O)CC(Cl)CO.[Na]. The van der Waals surface area contributed by atoms with Crippen molar-refractivity contribution >= 4 is 51.3 Å². The molecule has 1 unspecified atom stereocenters. The van der Waals surface area contributed by atoms with Crippen LogP contribution in [-0.2, 0) is 10.1 Å². The summed E-state index contributed by atoms with van der Waals surface area (Å²) in [5.74, 6) is -0.606. The second-order valence-electron chi connectivity index (χ2n) is 1.53. The predicted molar refractivity (Wildman–Crippen MR) is 38.9 cm³/mol. The molecule has 0 aliphatic heterocycles. The van der Waals surface area contributed by atoms with Crippen LogP contribution in [0.15, 0.2) is 0 Å². The fraction of sp³-hybridized carbons (Fsp3) is 1.00. The van der Waals surface area contributed by atoms with E-state index in [-0.39, 0.29) is 29.6 Å². The molecule has 0 heterocycles. The first-order valence-electron chi connectivity index (χ1n) is 2.16. The molecule has 0 aliphatic rings. The smallest absolute Gasteiger partial charge is 0.266 e. The van der Waals surface area contributed by atoms with Crippen LogP contribution in [0.25, 0.3) is 0 Å². The van der Waals surface area contributed by atoms with E-state index < -0.39 is 27.9 Å². The van der Waals surface area contributed by atoms with E-state index >= 15 is 0 Å². The Kier molecular flexibility index (Phi) is 7.92. The maximum atomic E-state index is 9.96. The second-order valence-corrected chi connectivity index (χ2v) is 3.64. The van der Waals surface area contributed by atoms with E-state index in [2.05, 4.69) is 0 Å². The van der Waals surface area contributed by atoms with E-state index in [9.17, 15) is 8.42 Å². The Morgan fingerprint density at radius 2 is 1.90 bits per heavy atom. The van der Waals surface area contributed by atoms with Crippen LogP contribution in [0.5, 0.6) is 0 Å². The predicted octanol–water partition coefficient (Wildman–Crippen LogP) is -0.907. The number of halogens is 1. The Bertz CT molecular complexity index is 167. The van der Waals surface area contributed by atoms with Crippen LogP contribution in [0.1, 0.15) is 0 Å². The molecule has 0 aromatic carbocycles. The standard InChI is InChI=1S/C3H7ClO4S.Na/c4-3(1-5)2-9(6,7)8;/h3,5H,1-2H2,(H,6,7,8);. The first-order chi connectivity index (χ1) is 3.95. The molecule has 0 spiro atoms. The van der Waals surface area contributed by atoms with Gasteiger partial charge in [0.25, 0.3) is 10.1 Å². The average molecular weight is 198 g/mol. The largest absolute Gasteiger partial charge is 0.395 e. The van der Waals surface area contributed by atoms with Crippen molar-refractivity contribution in [2.24, 2.45) is 0 Å². The molecule has 0 aromatic heterocycles. The van der Waals surface area contributed by atoms with E-state index in [1.165, 1.54) is 0 Å². The molecule has 2 N–H and O–H groups in total. The van der Waals surface area contributed by atoms with Gasteiger partial charge in [0.1, 0.15) is 0 Å². The van der Waals surface area contributed by atoms with Gasteiger partial charge in [-0.3, -0.25) is 4.55 Å². The average Bonchev–Trinajstić information content (AvgIpc) is 1.62. The molecule has 0 aromatic rings. The Balaban J connectivity index is 0. The fourth-order valence-electron chi connectivity index (χ4n) is 0.281. The van der Waals surface area contributed by atoms with Gasteiger partial charge in [0, 0.05) is 29.6 Å². The van der Waals surface area contributed by atoms with Gasteiger partial charge in [-0.05, 0) is 0 Å². The normalized spacial score (nSPS) is 13.9. The second kappa shape index (κ2) is 5.77. The number of rotatable bonds is 3. The molecule has 7 heteroatoms. The van der Waals surface area contributed by atoms with Crippen molar-refractivity contribution in [2.45, 2.75) is 5.38 Å². The van der Waals surface area contributed by atoms with Crippen LogP contribution in [0.3, 0.4) is 0 Å². The summed E-state index contributed by atoms with van der Waals surface area (Å²) in [6.45, 7) is -0.457. The first-order valence-corrected chi connectivity index (χ1v) is 4.20. The molecule has 1 radical (unpaired) electrons. The summed E-state index contributed by atoms with van der Waals surface area (Å²) in [4.78, 5) is 0. The molecule has 4 nitrogen and oxygen atoms in total. The van der Waals surface area contributed by atoms with E-state index in [1.54, 1.807) is 0 Å². The summed E-state index contributed by atoms with van der Waals surface area (Å²) in [6, 6.07) is 0. The van der Waals surface area contributed by atoms with Gasteiger partial charge >= 0.3 is 0 Å². The number of alkyl halides is 1. The number of aliphatic hydroxyl groups is 1. The van der Waals surface area contributed by atoms with Crippen LogP contribution >= 0.6 is 11.6 Å². The molecule has 0 aliphatic carbocycles. The summed E-state index contributed by atoms with van der Waals surface area (Å²) in [5.41, 5.74) is 0. The molecule has 10 heavy (non-hydrogen) atoms. The number of hydrogen-bond donors (Lipinski definition) is 2. The minimum Gasteiger partial charge on any atom is -0.395 e. The molecular weight excluding hydrogens is 191 g/mol. The van der Waals surface area contributed by atoms with E-state index in [4.69, 9.17) is 21.3 Å². The van der Waals surface area contributed by atoms with Crippen molar-refractivity contribution in [3.05, 3.63) is 0 Å².